The van der Waals surface area contributed by atoms with Crippen LogP contribution in [0.2, 0.25) is 0 Å². The number of aromatic nitrogens is 2. The number of sulfonamides is 1. The van der Waals surface area contributed by atoms with E-state index in [0.29, 0.717) is 19.6 Å². The number of ether oxygens (including phenoxy) is 1. The van der Waals surface area contributed by atoms with Crippen molar-refractivity contribution in [2.24, 2.45) is 0 Å². The zero-order chi connectivity index (χ0) is 14.3. The first-order chi connectivity index (χ1) is 8.95. The molecule has 0 spiro atoms. The molecule has 0 fully saturated rings. The van der Waals surface area contributed by atoms with E-state index >= 15 is 0 Å². The highest BCUT2D eigenvalue weighted by atomic mass is 32.2. The van der Waals surface area contributed by atoms with Crippen LogP contribution in [0.1, 0.15) is 13.3 Å². The smallest absolute Gasteiger partial charge is 0.325 e. The number of hydrogen-bond acceptors (Lipinski definition) is 5. The van der Waals surface area contributed by atoms with Crippen molar-refractivity contribution in [3.63, 3.8) is 0 Å². The topological polar surface area (TPSA) is 111 Å². The largest absolute Gasteiger partial charge is 0.480 e. The van der Waals surface area contributed by atoms with Crippen molar-refractivity contribution in [1.82, 2.24) is 14.5 Å². The van der Waals surface area contributed by atoms with Gasteiger partial charge in [0.2, 0.25) is 10.0 Å². The summed E-state index contributed by atoms with van der Waals surface area (Å²) in [7, 11) is -3.64. The van der Waals surface area contributed by atoms with Crippen LogP contribution in [0.25, 0.3) is 0 Å². The number of aliphatic carboxylic acids is 1. The molecule has 0 saturated heterocycles. The average molecular weight is 291 g/mol. The molecule has 108 valence electrons. The van der Waals surface area contributed by atoms with Gasteiger partial charge in [0.15, 0.2) is 0 Å². The highest BCUT2D eigenvalue weighted by Gasteiger charge is 2.16. The van der Waals surface area contributed by atoms with Crippen molar-refractivity contribution in [2.75, 3.05) is 19.8 Å². The summed E-state index contributed by atoms with van der Waals surface area (Å²) in [5, 5.41) is 12.2. The molecule has 0 aliphatic carbocycles. The van der Waals surface area contributed by atoms with Crippen molar-refractivity contribution in [2.45, 2.75) is 24.8 Å². The molecule has 0 amide bonds. The van der Waals surface area contributed by atoms with Crippen LogP contribution >= 0.6 is 0 Å². The van der Waals surface area contributed by atoms with Gasteiger partial charge in [0.1, 0.15) is 11.4 Å². The lowest BCUT2D eigenvalue weighted by molar-refractivity contribution is -0.137. The summed E-state index contributed by atoms with van der Waals surface area (Å²) in [5.41, 5.74) is 0. The van der Waals surface area contributed by atoms with Crippen LogP contribution in [0, 0.1) is 0 Å². The number of rotatable bonds is 9. The van der Waals surface area contributed by atoms with Gasteiger partial charge in [-0.3, -0.25) is 9.48 Å². The molecule has 9 heteroatoms. The Balaban J connectivity index is 2.52. The molecule has 0 saturated carbocycles. The number of carboxylic acid groups (broad SMARTS) is 1. The molecule has 0 aliphatic heterocycles. The van der Waals surface area contributed by atoms with E-state index in [1.165, 1.54) is 6.20 Å². The van der Waals surface area contributed by atoms with Gasteiger partial charge in [-0.25, -0.2) is 13.1 Å². The van der Waals surface area contributed by atoms with Gasteiger partial charge in [-0.2, -0.15) is 5.10 Å². The summed E-state index contributed by atoms with van der Waals surface area (Å²) in [5.74, 6) is -1.09. The van der Waals surface area contributed by atoms with Crippen LogP contribution in [0.15, 0.2) is 17.3 Å². The molecule has 1 aromatic heterocycles. The van der Waals surface area contributed by atoms with Gasteiger partial charge in [-0.15, -0.1) is 0 Å². The van der Waals surface area contributed by atoms with E-state index in [0.717, 1.165) is 10.9 Å². The van der Waals surface area contributed by atoms with Crippen LogP contribution in [-0.2, 0) is 26.1 Å². The third kappa shape index (κ3) is 5.37. The second-order valence-electron chi connectivity index (χ2n) is 3.72. The van der Waals surface area contributed by atoms with E-state index in [1.807, 2.05) is 6.92 Å². The molecule has 19 heavy (non-hydrogen) atoms. The molecule has 1 rings (SSSR count). The van der Waals surface area contributed by atoms with Crippen molar-refractivity contribution in [3.8, 4) is 0 Å². The molecule has 0 bridgehead atoms. The number of nitrogens with one attached hydrogen (secondary N) is 1. The lowest BCUT2D eigenvalue weighted by Gasteiger charge is -2.04. The minimum Gasteiger partial charge on any atom is -0.480 e. The fourth-order valence-corrected chi connectivity index (χ4v) is 2.34. The minimum atomic E-state index is -3.64. The summed E-state index contributed by atoms with van der Waals surface area (Å²) < 4.78 is 32.2. The zero-order valence-corrected chi connectivity index (χ0v) is 11.4. The molecule has 1 aromatic rings. The number of nitrogens with zero attached hydrogens (tertiary/aromatic N) is 2. The summed E-state index contributed by atoms with van der Waals surface area (Å²) >= 11 is 0. The summed E-state index contributed by atoms with van der Waals surface area (Å²) in [4.78, 5) is 10.4. The normalized spacial score (nSPS) is 11.6. The number of carbonyl (C=O) groups is 1. The third-order valence-corrected chi connectivity index (χ3v) is 3.59. The molecule has 0 aromatic carbocycles. The second kappa shape index (κ2) is 7.22. The van der Waals surface area contributed by atoms with E-state index in [-0.39, 0.29) is 18.0 Å². The molecular formula is C10H17N3O5S. The van der Waals surface area contributed by atoms with E-state index in [4.69, 9.17) is 9.84 Å². The Labute approximate surface area is 111 Å². The van der Waals surface area contributed by atoms with E-state index in [9.17, 15) is 13.2 Å². The minimum absolute atomic E-state index is 0.0508. The fraction of sp³-hybridized carbons (Fsp3) is 0.600. The van der Waals surface area contributed by atoms with Crippen LogP contribution in [0.5, 0.6) is 0 Å². The van der Waals surface area contributed by atoms with E-state index < -0.39 is 16.0 Å². The van der Waals surface area contributed by atoms with Gasteiger partial charge in [0, 0.05) is 26.0 Å². The van der Waals surface area contributed by atoms with E-state index in [2.05, 4.69) is 9.82 Å². The SMILES string of the molecule is CCOCCCNS(=O)(=O)c1cnn(CC(=O)O)c1. The van der Waals surface area contributed by atoms with Crippen molar-refractivity contribution in [3.05, 3.63) is 12.4 Å². The standard InChI is InChI=1S/C10H17N3O5S/c1-2-18-5-3-4-12-19(16,17)9-6-11-13(7-9)8-10(14)15/h6-7,12H,2-5,8H2,1H3,(H,14,15). The fourth-order valence-electron chi connectivity index (χ4n) is 1.32. The Morgan fingerprint density at radius 3 is 2.95 bits per heavy atom. The predicted octanol–water partition coefficient (Wildman–Crippen LogP) is -0.327. The second-order valence-corrected chi connectivity index (χ2v) is 5.48. The summed E-state index contributed by atoms with van der Waals surface area (Å²) in [6.07, 6.45) is 2.86. The third-order valence-electron chi connectivity index (χ3n) is 2.18. The van der Waals surface area contributed by atoms with Gasteiger partial charge in [0.25, 0.3) is 0 Å². The van der Waals surface area contributed by atoms with Gasteiger partial charge in [-0.05, 0) is 13.3 Å². The van der Waals surface area contributed by atoms with Gasteiger partial charge in [0.05, 0.1) is 6.20 Å². The van der Waals surface area contributed by atoms with Crippen molar-refractivity contribution in [1.29, 1.82) is 0 Å². The first-order valence-corrected chi connectivity index (χ1v) is 7.25. The monoisotopic (exact) mass is 291 g/mol. The van der Waals surface area contributed by atoms with Crippen LogP contribution < -0.4 is 4.72 Å². The maximum absolute atomic E-state index is 11.8. The molecule has 2 N–H and O–H groups in total. The quantitative estimate of drug-likeness (QED) is 0.603. The Morgan fingerprint density at radius 2 is 2.32 bits per heavy atom. The van der Waals surface area contributed by atoms with Crippen LogP contribution in [-0.4, -0.2) is 49.0 Å². The Hall–Kier alpha value is -1.45. The predicted molar refractivity (Wildman–Crippen MR) is 66.2 cm³/mol. The summed E-state index contributed by atoms with van der Waals surface area (Å²) in [6.45, 7) is 2.82. The molecular weight excluding hydrogens is 274 g/mol. The van der Waals surface area contributed by atoms with Gasteiger partial charge in [-0.1, -0.05) is 0 Å². The number of carboxylic acids is 1. The highest BCUT2D eigenvalue weighted by molar-refractivity contribution is 7.89. The molecule has 0 atom stereocenters. The van der Waals surface area contributed by atoms with E-state index in [1.54, 1.807) is 0 Å². The summed E-state index contributed by atoms with van der Waals surface area (Å²) in [6, 6.07) is 0. The van der Waals surface area contributed by atoms with Gasteiger partial charge >= 0.3 is 5.97 Å². The highest BCUT2D eigenvalue weighted by Crippen LogP contribution is 2.06. The molecule has 8 nitrogen and oxygen atoms in total. The first kappa shape index (κ1) is 15.6. The molecule has 0 radical (unpaired) electrons. The Morgan fingerprint density at radius 1 is 1.58 bits per heavy atom. The Kier molecular flexibility index (Phi) is 5.93. The molecule has 1 heterocycles. The van der Waals surface area contributed by atoms with Gasteiger partial charge < -0.3 is 9.84 Å². The Bertz CT molecular complexity index is 511. The maximum atomic E-state index is 11.8. The lowest BCUT2D eigenvalue weighted by Crippen LogP contribution is -2.25. The van der Waals surface area contributed by atoms with Crippen LogP contribution in [0.3, 0.4) is 0 Å². The van der Waals surface area contributed by atoms with Crippen molar-refractivity contribution < 1.29 is 23.1 Å². The molecule has 0 unspecified atom stereocenters. The van der Waals surface area contributed by atoms with Crippen molar-refractivity contribution >= 4 is 16.0 Å². The first-order valence-electron chi connectivity index (χ1n) is 5.77. The average Bonchev–Trinajstić information content (AvgIpc) is 2.77. The maximum Gasteiger partial charge on any atom is 0.325 e. The molecule has 0 aliphatic rings. The van der Waals surface area contributed by atoms with Crippen LogP contribution in [0.4, 0.5) is 0 Å². The lowest BCUT2D eigenvalue weighted by atomic mass is 10.5. The number of hydrogen-bond donors (Lipinski definition) is 2. The zero-order valence-electron chi connectivity index (χ0n) is 10.6.